The summed E-state index contributed by atoms with van der Waals surface area (Å²) in [6, 6.07) is 0.700. The highest BCUT2D eigenvalue weighted by Gasteiger charge is 2.24. The predicted molar refractivity (Wildman–Crippen MR) is 60.9 cm³/mol. The first-order valence-electron chi connectivity index (χ1n) is 6.11. The van der Waals surface area contributed by atoms with E-state index < -0.39 is 0 Å². The summed E-state index contributed by atoms with van der Waals surface area (Å²) in [6.45, 7) is 3.21. The molecular formula is C12H19N3. The van der Waals surface area contributed by atoms with Crippen molar-refractivity contribution in [3.8, 4) is 0 Å². The molecule has 2 aliphatic rings. The van der Waals surface area contributed by atoms with Crippen LogP contribution in [0, 0.1) is 12.8 Å². The Morgan fingerprint density at radius 1 is 1.40 bits per heavy atom. The molecule has 1 N–H and O–H groups in total. The van der Waals surface area contributed by atoms with E-state index in [-0.39, 0.29) is 0 Å². The number of aryl methyl sites for hydroxylation is 2. The van der Waals surface area contributed by atoms with Crippen molar-refractivity contribution in [2.45, 2.75) is 51.6 Å². The van der Waals surface area contributed by atoms with Crippen LogP contribution < -0.4 is 5.32 Å². The van der Waals surface area contributed by atoms with Crippen LogP contribution in [0.25, 0.3) is 0 Å². The molecule has 0 saturated heterocycles. The number of imidazole rings is 1. The lowest BCUT2D eigenvalue weighted by Crippen LogP contribution is -2.09. The number of anilines is 1. The maximum Gasteiger partial charge on any atom is 0.203 e. The maximum absolute atomic E-state index is 4.54. The molecule has 0 bridgehead atoms. The van der Waals surface area contributed by atoms with Gasteiger partial charge in [0, 0.05) is 18.8 Å². The average Bonchev–Trinajstić information content (AvgIpc) is 3.06. The first-order chi connectivity index (χ1) is 7.31. The van der Waals surface area contributed by atoms with Gasteiger partial charge in [-0.15, -0.1) is 0 Å². The van der Waals surface area contributed by atoms with Gasteiger partial charge in [-0.1, -0.05) is 12.8 Å². The van der Waals surface area contributed by atoms with E-state index in [1.165, 1.54) is 32.1 Å². The van der Waals surface area contributed by atoms with Crippen molar-refractivity contribution in [2.24, 2.45) is 5.92 Å². The molecule has 0 atom stereocenters. The molecule has 0 spiro atoms. The summed E-state index contributed by atoms with van der Waals surface area (Å²) in [5.74, 6) is 2.09. The third-order valence-electron chi connectivity index (χ3n) is 3.28. The fraction of sp³-hybridized carbons (Fsp3) is 0.750. The number of nitrogens with one attached hydrogen (secondary N) is 1. The average molecular weight is 205 g/mol. The zero-order valence-electron chi connectivity index (χ0n) is 9.37. The zero-order valence-corrected chi connectivity index (χ0v) is 9.37. The Labute approximate surface area is 90.9 Å². The van der Waals surface area contributed by atoms with Crippen LogP contribution in [0.2, 0.25) is 0 Å². The molecule has 3 heteroatoms. The van der Waals surface area contributed by atoms with E-state index in [0.717, 1.165) is 24.1 Å². The Hall–Kier alpha value is -0.990. The third kappa shape index (κ3) is 2.33. The second kappa shape index (κ2) is 3.54. The van der Waals surface area contributed by atoms with Crippen molar-refractivity contribution < 1.29 is 0 Å². The lowest BCUT2D eigenvalue weighted by molar-refractivity contribution is 0.599. The van der Waals surface area contributed by atoms with Gasteiger partial charge in [-0.05, 0) is 32.1 Å². The van der Waals surface area contributed by atoms with E-state index in [9.17, 15) is 0 Å². The summed E-state index contributed by atoms with van der Waals surface area (Å²) >= 11 is 0. The molecule has 2 saturated carbocycles. The normalized spacial score (nSPS) is 20.6. The molecule has 15 heavy (non-hydrogen) atoms. The summed E-state index contributed by atoms with van der Waals surface area (Å²) in [5, 5.41) is 3.50. The van der Waals surface area contributed by atoms with Crippen LogP contribution in [-0.2, 0) is 6.54 Å². The van der Waals surface area contributed by atoms with Crippen molar-refractivity contribution in [1.29, 1.82) is 0 Å². The molecule has 1 aromatic rings. The minimum Gasteiger partial charge on any atom is -0.353 e. The van der Waals surface area contributed by atoms with Crippen LogP contribution in [0.3, 0.4) is 0 Å². The lowest BCUT2D eigenvalue weighted by atomic mass is 10.3. The van der Waals surface area contributed by atoms with Gasteiger partial charge in [0.2, 0.25) is 5.95 Å². The number of nitrogens with zero attached hydrogens (tertiary/aromatic N) is 2. The Balaban J connectivity index is 1.65. The minimum absolute atomic E-state index is 0.700. The van der Waals surface area contributed by atoms with Crippen molar-refractivity contribution in [3.05, 3.63) is 11.9 Å². The molecule has 0 unspecified atom stereocenters. The minimum atomic E-state index is 0.700. The SMILES string of the molecule is Cc1cn(CCC2CC2)c(NC2CC2)n1. The van der Waals surface area contributed by atoms with E-state index in [1.807, 2.05) is 0 Å². The van der Waals surface area contributed by atoms with E-state index in [4.69, 9.17) is 0 Å². The van der Waals surface area contributed by atoms with Crippen LogP contribution in [0.4, 0.5) is 5.95 Å². The number of aromatic nitrogens is 2. The Morgan fingerprint density at radius 2 is 2.20 bits per heavy atom. The van der Waals surface area contributed by atoms with E-state index in [1.54, 1.807) is 0 Å². The summed E-state index contributed by atoms with van der Waals surface area (Å²) in [6.07, 6.45) is 9.02. The molecule has 2 fully saturated rings. The molecule has 0 radical (unpaired) electrons. The molecule has 0 aromatic carbocycles. The monoisotopic (exact) mass is 205 g/mol. The number of hydrogen-bond donors (Lipinski definition) is 1. The highest BCUT2D eigenvalue weighted by molar-refractivity contribution is 5.32. The first kappa shape index (κ1) is 9.25. The molecular weight excluding hydrogens is 186 g/mol. The summed E-state index contributed by atoms with van der Waals surface area (Å²) < 4.78 is 2.30. The molecule has 2 aliphatic carbocycles. The predicted octanol–water partition coefficient (Wildman–Crippen LogP) is 2.57. The summed E-state index contributed by atoms with van der Waals surface area (Å²) in [5.41, 5.74) is 1.13. The van der Waals surface area contributed by atoms with Gasteiger partial charge in [-0.2, -0.15) is 0 Å². The van der Waals surface area contributed by atoms with Gasteiger partial charge in [0.15, 0.2) is 0 Å². The molecule has 1 heterocycles. The molecule has 82 valence electrons. The fourth-order valence-electron chi connectivity index (χ4n) is 1.97. The number of rotatable bonds is 5. The van der Waals surface area contributed by atoms with Gasteiger partial charge < -0.3 is 9.88 Å². The van der Waals surface area contributed by atoms with Crippen LogP contribution in [0.5, 0.6) is 0 Å². The number of hydrogen-bond acceptors (Lipinski definition) is 2. The second-order valence-electron chi connectivity index (χ2n) is 5.05. The van der Waals surface area contributed by atoms with Crippen LogP contribution >= 0.6 is 0 Å². The van der Waals surface area contributed by atoms with Gasteiger partial charge in [0.25, 0.3) is 0 Å². The van der Waals surface area contributed by atoms with Gasteiger partial charge >= 0.3 is 0 Å². The summed E-state index contributed by atoms with van der Waals surface area (Å²) in [7, 11) is 0. The fourth-order valence-corrected chi connectivity index (χ4v) is 1.97. The molecule has 1 aromatic heterocycles. The summed E-state index contributed by atoms with van der Waals surface area (Å²) in [4.78, 5) is 4.54. The molecule has 0 aliphatic heterocycles. The van der Waals surface area contributed by atoms with Crippen LogP contribution in [0.15, 0.2) is 6.20 Å². The molecule has 0 amide bonds. The zero-order chi connectivity index (χ0) is 10.3. The lowest BCUT2D eigenvalue weighted by Gasteiger charge is -2.08. The Morgan fingerprint density at radius 3 is 2.87 bits per heavy atom. The van der Waals surface area contributed by atoms with E-state index in [0.29, 0.717) is 6.04 Å². The van der Waals surface area contributed by atoms with Gasteiger partial charge in [0.05, 0.1) is 5.69 Å². The maximum atomic E-state index is 4.54. The molecule has 3 nitrogen and oxygen atoms in total. The van der Waals surface area contributed by atoms with Crippen LogP contribution in [-0.4, -0.2) is 15.6 Å². The first-order valence-corrected chi connectivity index (χ1v) is 6.11. The standard InChI is InChI=1S/C12H19N3/c1-9-8-15(7-6-10-2-3-10)12(13-9)14-11-4-5-11/h8,10-11H,2-7H2,1H3,(H,13,14). The smallest absolute Gasteiger partial charge is 0.203 e. The highest BCUT2D eigenvalue weighted by Crippen LogP contribution is 2.33. The van der Waals surface area contributed by atoms with E-state index in [2.05, 4.69) is 28.0 Å². The quantitative estimate of drug-likeness (QED) is 0.800. The van der Waals surface area contributed by atoms with Crippen LogP contribution in [0.1, 0.15) is 37.8 Å². The Bertz CT molecular complexity index is 348. The second-order valence-corrected chi connectivity index (χ2v) is 5.05. The largest absolute Gasteiger partial charge is 0.353 e. The third-order valence-corrected chi connectivity index (χ3v) is 3.28. The topological polar surface area (TPSA) is 29.9 Å². The van der Waals surface area contributed by atoms with Crippen molar-refractivity contribution in [2.75, 3.05) is 5.32 Å². The van der Waals surface area contributed by atoms with Crippen molar-refractivity contribution >= 4 is 5.95 Å². The van der Waals surface area contributed by atoms with Gasteiger partial charge in [-0.3, -0.25) is 0 Å². The highest BCUT2D eigenvalue weighted by atomic mass is 15.2. The van der Waals surface area contributed by atoms with E-state index >= 15 is 0 Å². The van der Waals surface area contributed by atoms with Crippen molar-refractivity contribution in [3.63, 3.8) is 0 Å². The molecule has 3 rings (SSSR count). The van der Waals surface area contributed by atoms with Crippen molar-refractivity contribution in [1.82, 2.24) is 9.55 Å². The van der Waals surface area contributed by atoms with Gasteiger partial charge in [0.1, 0.15) is 0 Å². The van der Waals surface area contributed by atoms with Gasteiger partial charge in [-0.25, -0.2) is 4.98 Å². The Kier molecular flexibility index (Phi) is 2.19.